The molecule has 0 spiro atoms. The largest absolute Gasteiger partial charge is 0.241 e. The van der Waals surface area contributed by atoms with Gasteiger partial charge in [0.1, 0.15) is 0 Å². The number of aryl methyl sites for hydroxylation is 3. The fourth-order valence-electron chi connectivity index (χ4n) is 3.21. The zero-order valence-electron chi connectivity index (χ0n) is 14.5. The predicted molar refractivity (Wildman–Crippen MR) is 104 cm³/mol. The summed E-state index contributed by atoms with van der Waals surface area (Å²) in [5.74, 6) is 0. The summed E-state index contributed by atoms with van der Waals surface area (Å²) < 4.78 is 28.5. The van der Waals surface area contributed by atoms with Gasteiger partial charge in [0.2, 0.25) is 10.0 Å². The third kappa shape index (κ3) is 3.84. The quantitative estimate of drug-likeness (QED) is 0.699. The zero-order valence-corrected chi connectivity index (χ0v) is 16.2. The third-order valence-electron chi connectivity index (χ3n) is 4.18. The van der Waals surface area contributed by atoms with Crippen molar-refractivity contribution in [3.05, 3.63) is 75.5 Å². The smallest absolute Gasteiger partial charge is 0.207 e. The Labute approximate surface area is 153 Å². The molecular weight excluding hydrogens is 350 g/mol. The molecule has 0 saturated heterocycles. The maximum Gasteiger partial charge on any atom is 0.241 e. The Morgan fingerprint density at radius 1 is 1.00 bits per heavy atom. The summed E-state index contributed by atoms with van der Waals surface area (Å²) in [6.07, 6.45) is 0. The minimum absolute atomic E-state index is 0.265. The molecule has 0 saturated carbocycles. The first-order valence-electron chi connectivity index (χ1n) is 8.06. The SMILES string of the molecule is Cc1cc(C)c(S(=O)(=O)NCc2ccccc2-c2ccsc2)c(C)c1. The summed E-state index contributed by atoms with van der Waals surface area (Å²) in [6.45, 7) is 5.92. The van der Waals surface area contributed by atoms with Crippen LogP contribution in [0.4, 0.5) is 0 Å². The molecule has 1 aromatic heterocycles. The van der Waals surface area contributed by atoms with Gasteiger partial charge in [0.05, 0.1) is 4.90 Å². The van der Waals surface area contributed by atoms with Crippen molar-refractivity contribution in [3.8, 4) is 11.1 Å². The topological polar surface area (TPSA) is 46.2 Å². The van der Waals surface area contributed by atoms with Crippen LogP contribution in [0.1, 0.15) is 22.3 Å². The van der Waals surface area contributed by atoms with Crippen LogP contribution in [0, 0.1) is 20.8 Å². The molecule has 130 valence electrons. The summed E-state index contributed by atoms with van der Waals surface area (Å²) >= 11 is 1.63. The van der Waals surface area contributed by atoms with Crippen molar-refractivity contribution in [1.82, 2.24) is 4.72 Å². The standard InChI is InChI=1S/C20H21NO2S2/c1-14-10-15(2)20(16(3)11-14)25(22,23)21-12-17-6-4-5-7-19(17)18-8-9-24-13-18/h4-11,13,21H,12H2,1-3H3. The molecule has 2 aromatic carbocycles. The van der Waals surface area contributed by atoms with Crippen LogP contribution < -0.4 is 4.72 Å². The van der Waals surface area contributed by atoms with E-state index in [2.05, 4.69) is 10.1 Å². The molecule has 1 N–H and O–H groups in total. The number of nitrogens with one attached hydrogen (secondary N) is 1. The van der Waals surface area contributed by atoms with Crippen LogP contribution in [-0.2, 0) is 16.6 Å². The van der Waals surface area contributed by atoms with Crippen molar-refractivity contribution < 1.29 is 8.42 Å². The molecule has 0 fully saturated rings. The third-order valence-corrected chi connectivity index (χ3v) is 6.56. The summed E-state index contributed by atoms with van der Waals surface area (Å²) in [6, 6.07) is 13.7. The van der Waals surface area contributed by atoms with Crippen molar-refractivity contribution in [3.63, 3.8) is 0 Å². The first-order valence-corrected chi connectivity index (χ1v) is 10.5. The number of rotatable bonds is 5. The highest BCUT2D eigenvalue weighted by atomic mass is 32.2. The molecule has 0 amide bonds. The van der Waals surface area contributed by atoms with Gasteiger partial charge in [0, 0.05) is 6.54 Å². The van der Waals surface area contributed by atoms with Crippen molar-refractivity contribution >= 4 is 21.4 Å². The van der Waals surface area contributed by atoms with E-state index in [1.165, 1.54) is 0 Å². The van der Waals surface area contributed by atoms with Gasteiger partial charge in [-0.15, -0.1) is 0 Å². The lowest BCUT2D eigenvalue weighted by atomic mass is 10.0. The fraction of sp³-hybridized carbons (Fsp3) is 0.200. The molecule has 5 heteroatoms. The maximum absolute atomic E-state index is 12.8. The van der Waals surface area contributed by atoms with E-state index >= 15 is 0 Å². The van der Waals surface area contributed by atoms with E-state index in [1.807, 2.05) is 68.6 Å². The lowest BCUT2D eigenvalue weighted by molar-refractivity contribution is 0.580. The molecular formula is C20H21NO2S2. The number of hydrogen-bond donors (Lipinski definition) is 1. The maximum atomic E-state index is 12.8. The molecule has 0 aliphatic rings. The second-order valence-corrected chi connectivity index (χ2v) is 8.71. The van der Waals surface area contributed by atoms with Crippen molar-refractivity contribution in [2.24, 2.45) is 0 Å². The Kier molecular flexibility index (Phi) is 5.08. The van der Waals surface area contributed by atoms with Crippen molar-refractivity contribution in [2.75, 3.05) is 0 Å². The number of thiophene rings is 1. The van der Waals surface area contributed by atoms with Gasteiger partial charge in [-0.3, -0.25) is 0 Å². The highest BCUT2D eigenvalue weighted by Gasteiger charge is 2.20. The van der Waals surface area contributed by atoms with Crippen LogP contribution in [0.25, 0.3) is 11.1 Å². The number of sulfonamides is 1. The van der Waals surface area contributed by atoms with Crippen LogP contribution in [0.2, 0.25) is 0 Å². The monoisotopic (exact) mass is 371 g/mol. The lowest BCUT2D eigenvalue weighted by Gasteiger charge is -2.14. The average molecular weight is 372 g/mol. The van der Waals surface area contributed by atoms with Gasteiger partial charge in [0.25, 0.3) is 0 Å². The Morgan fingerprint density at radius 2 is 1.68 bits per heavy atom. The van der Waals surface area contributed by atoms with Crippen LogP contribution in [0.5, 0.6) is 0 Å². The summed E-state index contributed by atoms with van der Waals surface area (Å²) in [4.78, 5) is 0.381. The first-order chi connectivity index (χ1) is 11.9. The second-order valence-electron chi connectivity index (χ2n) is 6.22. The molecule has 3 rings (SSSR count). The van der Waals surface area contributed by atoms with Gasteiger partial charge < -0.3 is 0 Å². The molecule has 3 aromatic rings. The average Bonchev–Trinajstić information content (AvgIpc) is 3.06. The molecule has 0 aliphatic carbocycles. The zero-order chi connectivity index (χ0) is 18.0. The molecule has 0 atom stereocenters. The molecule has 3 nitrogen and oxygen atoms in total. The summed E-state index contributed by atoms with van der Waals surface area (Å²) in [7, 11) is -3.57. The van der Waals surface area contributed by atoms with Gasteiger partial charge in [0.15, 0.2) is 0 Å². The first kappa shape index (κ1) is 17.9. The molecule has 0 radical (unpaired) electrons. The molecule has 0 aliphatic heterocycles. The lowest BCUT2D eigenvalue weighted by Crippen LogP contribution is -2.25. The number of benzene rings is 2. The van der Waals surface area contributed by atoms with Crippen molar-refractivity contribution in [2.45, 2.75) is 32.2 Å². The fourth-order valence-corrected chi connectivity index (χ4v) is 5.32. The highest BCUT2D eigenvalue weighted by Crippen LogP contribution is 2.27. The Balaban J connectivity index is 1.90. The van der Waals surface area contributed by atoms with Crippen molar-refractivity contribution in [1.29, 1.82) is 0 Å². The van der Waals surface area contributed by atoms with E-state index < -0.39 is 10.0 Å². The predicted octanol–water partition coefficient (Wildman–Crippen LogP) is 4.82. The van der Waals surface area contributed by atoms with Crippen LogP contribution in [0.3, 0.4) is 0 Å². The van der Waals surface area contributed by atoms with Gasteiger partial charge in [-0.25, -0.2) is 13.1 Å². The van der Waals surface area contributed by atoms with E-state index in [0.29, 0.717) is 4.90 Å². The Bertz CT molecular complexity index is 967. The Morgan fingerprint density at radius 3 is 2.32 bits per heavy atom. The number of hydrogen-bond acceptors (Lipinski definition) is 3. The molecule has 25 heavy (non-hydrogen) atoms. The normalized spacial score (nSPS) is 11.6. The summed E-state index contributed by atoms with van der Waals surface area (Å²) in [5, 5.41) is 4.09. The Hall–Kier alpha value is -1.95. The minimum atomic E-state index is -3.57. The minimum Gasteiger partial charge on any atom is -0.207 e. The second kappa shape index (κ2) is 7.12. The van der Waals surface area contributed by atoms with E-state index in [0.717, 1.165) is 33.4 Å². The van der Waals surface area contributed by atoms with Crippen LogP contribution in [-0.4, -0.2) is 8.42 Å². The van der Waals surface area contributed by atoms with E-state index in [1.54, 1.807) is 11.3 Å². The van der Waals surface area contributed by atoms with Gasteiger partial charge in [-0.2, -0.15) is 11.3 Å². The highest BCUT2D eigenvalue weighted by molar-refractivity contribution is 7.89. The van der Waals surface area contributed by atoms with Gasteiger partial charge in [-0.1, -0.05) is 42.0 Å². The van der Waals surface area contributed by atoms with E-state index in [9.17, 15) is 8.42 Å². The molecule has 1 heterocycles. The van der Waals surface area contributed by atoms with Crippen LogP contribution >= 0.6 is 11.3 Å². The van der Waals surface area contributed by atoms with E-state index in [-0.39, 0.29) is 6.54 Å². The summed E-state index contributed by atoms with van der Waals surface area (Å²) in [5.41, 5.74) is 5.75. The van der Waals surface area contributed by atoms with E-state index in [4.69, 9.17) is 0 Å². The molecule has 0 bridgehead atoms. The molecule has 0 unspecified atom stereocenters. The van der Waals surface area contributed by atoms with Crippen LogP contribution in [0.15, 0.2) is 58.1 Å². The van der Waals surface area contributed by atoms with Gasteiger partial charge >= 0.3 is 0 Å². The van der Waals surface area contributed by atoms with Gasteiger partial charge in [-0.05, 0) is 65.4 Å².